The molecule has 4 nitrogen and oxygen atoms in total. The molecule has 0 unspecified atom stereocenters. The van der Waals surface area contributed by atoms with Crippen molar-refractivity contribution < 1.29 is 18.7 Å². The number of benzene rings is 3. The number of hydrogen-bond acceptors (Lipinski definition) is 3. The van der Waals surface area contributed by atoms with Crippen LogP contribution in [-0.4, -0.2) is 12.5 Å². The van der Waals surface area contributed by atoms with E-state index in [2.05, 4.69) is 18.3 Å². The van der Waals surface area contributed by atoms with Gasteiger partial charge in [0.05, 0.1) is 6.61 Å². The average molecular weight is 407 g/mol. The maximum Gasteiger partial charge on any atom is 0.255 e. The molecule has 156 valence electrons. The second kappa shape index (κ2) is 9.44. The molecule has 3 aromatic rings. The fourth-order valence-electron chi connectivity index (χ4n) is 3.17. The van der Waals surface area contributed by atoms with E-state index >= 15 is 0 Å². The van der Waals surface area contributed by atoms with Crippen molar-refractivity contribution in [3.05, 3.63) is 88.2 Å². The molecule has 0 heterocycles. The summed E-state index contributed by atoms with van der Waals surface area (Å²) in [7, 11) is 0. The lowest BCUT2D eigenvalue weighted by Crippen LogP contribution is -2.13. The molecule has 0 radical (unpaired) electrons. The molecule has 1 N–H and O–H groups in total. The normalized spacial score (nSPS) is 10.6. The monoisotopic (exact) mass is 407 g/mol. The summed E-state index contributed by atoms with van der Waals surface area (Å²) in [5.74, 6) is 0.859. The Bertz CT molecular complexity index is 1050. The van der Waals surface area contributed by atoms with Crippen LogP contribution in [0.1, 0.15) is 39.5 Å². The van der Waals surface area contributed by atoms with Crippen LogP contribution in [0, 0.1) is 26.6 Å². The molecule has 0 saturated carbocycles. The minimum atomic E-state index is -0.352. The Morgan fingerprint density at radius 2 is 1.67 bits per heavy atom. The average Bonchev–Trinajstić information content (AvgIpc) is 2.72. The number of hydrogen-bond donors (Lipinski definition) is 1. The summed E-state index contributed by atoms with van der Waals surface area (Å²) >= 11 is 0. The van der Waals surface area contributed by atoms with Gasteiger partial charge in [-0.25, -0.2) is 4.39 Å². The minimum Gasteiger partial charge on any atom is -0.493 e. The molecule has 3 aromatic carbocycles. The summed E-state index contributed by atoms with van der Waals surface area (Å²) < 4.78 is 24.9. The Balaban J connectivity index is 1.82. The molecular formula is C25H26FNO3. The van der Waals surface area contributed by atoms with Crippen molar-refractivity contribution in [1.82, 2.24) is 0 Å². The lowest BCUT2D eigenvalue weighted by molar-refractivity contribution is 0.102. The molecule has 1 amide bonds. The van der Waals surface area contributed by atoms with Crippen LogP contribution in [0.25, 0.3) is 0 Å². The SMILES string of the molecule is CCOc1ccc(C(=O)Nc2ccc(F)cc2)cc1COc1cc(C)cc(C)c1C. The first-order valence-electron chi connectivity index (χ1n) is 9.90. The van der Waals surface area contributed by atoms with E-state index in [4.69, 9.17) is 9.47 Å². The van der Waals surface area contributed by atoms with Crippen LogP contribution >= 0.6 is 0 Å². The fourth-order valence-corrected chi connectivity index (χ4v) is 3.17. The van der Waals surface area contributed by atoms with Gasteiger partial charge >= 0.3 is 0 Å². The zero-order valence-corrected chi connectivity index (χ0v) is 17.7. The molecular weight excluding hydrogens is 381 g/mol. The Morgan fingerprint density at radius 1 is 0.933 bits per heavy atom. The van der Waals surface area contributed by atoms with E-state index in [9.17, 15) is 9.18 Å². The smallest absolute Gasteiger partial charge is 0.255 e. The number of aryl methyl sites for hydroxylation is 2. The van der Waals surface area contributed by atoms with E-state index in [0.29, 0.717) is 23.6 Å². The Kier molecular flexibility index (Phi) is 6.72. The topological polar surface area (TPSA) is 47.6 Å². The van der Waals surface area contributed by atoms with Crippen molar-refractivity contribution in [2.75, 3.05) is 11.9 Å². The largest absolute Gasteiger partial charge is 0.493 e. The molecule has 0 spiro atoms. The molecule has 3 rings (SSSR count). The molecule has 5 heteroatoms. The lowest BCUT2D eigenvalue weighted by atomic mass is 10.1. The van der Waals surface area contributed by atoms with Gasteiger partial charge in [0, 0.05) is 16.8 Å². The highest BCUT2D eigenvalue weighted by molar-refractivity contribution is 6.04. The van der Waals surface area contributed by atoms with Gasteiger partial charge in [-0.05, 0) is 92.9 Å². The van der Waals surface area contributed by atoms with Gasteiger partial charge in [-0.2, -0.15) is 0 Å². The van der Waals surface area contributed by atoms with Crippen LogP contribution in [0.15, 0.2) is 54.6 Å². The molecule has 0 fully saturated rings. The summed E-state index contributed by atoms with van der Waals surface area (Å²) in [5.41, 5.74) is 5.16. The summed E-state index contributed by atoms with van der Waals surface area (Å²) in [4.78, 5) is 12.7. The molecule has 0 aliphatic carbocycles. The van der Waals surface area contributed by atoms with E-state index < -0.39 is 0 Å². The van der Waals surface area contributed by atoms with E-state index in [1.165, 1.54) is 29.8 Å². The van der Waals surface area contributed by atoms with Crippen LogP contribution < -0.4 is 14.8 Å². The predicted molar refractivity (Wildman–Crippen MR) is 117 cm³/mol. The zero-order chi connectivity index (χ0) is 21.7. The van der Waals surface area contributed by atoms with Crippen LogP contribution in [0.2, 0.25) is 0 Å². The van der Waals surface area contributed by atoms with E-state index in [-0.39, 0.29) is 18.3 Å². The third-order valence-electron chi connectivity index (χ3n) is 4.87. The zero-order valence-electron chi connectivity index (χ0n) is 17.7. The van der Waals surface area contributed by atoms with Crippen molar-refractivity contribution in [3.63, 3.8) is 0 Å². The van der Waals surface area contributed by atoms with Crippen molar-refractivity contribution in [3.8, 4) is 11.5 Å². The second-order valence-electron chi connectivity index (χ2n) is 7.21. The molecule has 0 atom stereocenters. The van der Waals surface area contributed by atoms with Crippen LogP contribution in [0.5, 0.6) is 11.5 Å². The maximum atomic E-state index is 13.1. The van der Waals surface area contributed by atoms with Crippen molar-refractivity contribution in [1.29, 1.82) is 0 Å². The highest BCUT2D eigenvalue weighted by Gasteiger charge is 2.13. The highest BCUT2D eigenvalue weighted by atomic mass is 19.1. The van der Waals surface area contributed by atoms with Crippen LogP contribution in [0.3, 0.4) is 0 Å². The number of anilines is 1. The Hall–Kier alpha value is -3.34. The van der Waals surface area contributed by atoms with Crippen LogP contribution in [-0.2, 0) is 6.61 Å². The van der Waals surface area contributed by atoms with Gasteiger partial charge in [-0.15, -0.1) is 0 Å². The molecule has 0 aliphatic rings. The van der Waals surface area contributed by atoms with E-state index in [0.717, 1.165) is 22.4 Å². The van der Waals surface area contributed by atoms with Crippen molar-refractivity contribution in [2.45, 2.75) is 34.3 Å². The Labute approximate surface area is 176 Å². The van der Waals surface area contributed by atoms with Gasteiger partial charge in [-0.1, -0.05) is 6.07 Å². The number of ether oxygens (including phenoxy) is 2. The molecule has 0 saturated heterocycles. The van der Waals surface area contributed by atoms with Gasteiger partial charge < -0.3 is 14.8 Å². The molecule has 0 aliphatic heterocycles. The van der Waals surface area contributed by atoms with Gasteiger partial charge in [-0.3, -0.25) is 4.79 Å². The number of halogens is 1. The quantitative estimate of drug-likeness (QED) is 0.524. The Morgan fingerprint density at radius 3 is 2.37 bits per heavy atom. The highest BCUT2D eigenvalue weighted by Crippen LogP contribution is 2.27. The summed E-state index contributed by atoms with van der Waals surface area (Å²) in [6.07, 6.45) is 0. The van der Waals surface area contributed by atoms with Gasteiger partial charge in [0.1, 0.15) is 23.9 Å². The molecule has 0 bridgehead atoms. The van der Waals surface area contributed by atoms with E-state index in [1.54, 1.807) is 18.2 Å². The van der Waals surface area contributed by atoms with Crippen molar-refractivity contribution >= 4 is 11.6 Å². The standard InChI is InChI=1S/C25H26FNO3/c1-5-29-23-11-6-19(25(28)27-22-9-7-21(26)8-10-22)14-20(23)15-30-24-13-16(2)12-17(3)18(24)4/h6-14H,5,15H2,1-4H3,(H,27,28). The van der Waals surface area contributed by atoms with E-state index in [1.807, 2.05) is 26.8 Å². The van der Waals surface area contributed by atoms with Gasteiger partial charge in [0.2, 0.25) is 0 Å². The number of amides is 1. The fraction of sp³-hybridized carbons (Fsp3) is 0.240. The number of rotatable bonds is 7. The lowest BCUT2D eigenvalue weighted by Gasteiger charge is -2.16. The number of carbonyl (C=O) groups is 1. The first-order chi connectivity index (χ1) is 14.4. The third kappa shape index (κ3) is 5.17. The summed E-state index contributed by atoms with van der Waals surface area (Å²) in [5, 5.41) is 2.77. The van der Waals surface area contributed by atoms with Gasteiger partial charge in [0.25, 0.3) is 5.91 Å². The van der Waals surface area contributed by atoms with Crippen molar-refractivity contribution in [2.24, 2.45) is 0 Å². The minimum absolute atomic E-state index is 0.275. The summed E-state index contributed by atoms with van der Waals surface area (Å²) in [6.45, 7) is 8.81. The first kappa shape index (κ1) is 21.4. The molecule has 0 aromatic heterocycles. The number of nitrogens with one attached hydrogen (secondary N) is 1. The van der Waals surface area contributed by atoms with Crippen LogP contribution in [0.4, 0.5) is 10.1 Å². The third-order valence-corrected chi connectivity index (χ3v) is 4.87. The number of carbonyl (C=O) groups excluding carboxylic acids is 1. The second-order valence-corrected chi connectivity index (χ2v) is 7.21. The maximum absolute atomic E-state index is 13.1. The first-order valence-corrected chi connectivity index (χ1v) is 9.90. The summed E-state index contributed by atoms with van der Waals surface area (Å²) in [6, 6.07) is 15.0. The predicted octanol–water partition coefficient (Wildman–Crippen LogP) is 5.98. The molecule has 30 heavy (non-hydrogen) atoms. The van der Waals surface area contributed by atoms with Gasteiger partial charge in [0.15, 0.2) is 0 Å².